The maximum atomic E-state index is 12.0. The molecule has 3 aromatic rings. The standard InChI is InChI=1S/C15H17N5OS/c1-10(12-8-22-13-6-4-3-5-11(12)13)19-15(21)16-7-14-17-9-18-20(14)2/h3-6,8-10H,7H2,1-2H3,(H2,16,19,21). The molecule has 0 bridgehead atoms. The molecule has 0 aliphatic heterocycles. The van der Waals surface area contributed by atoms with Gasteiger partial charge in [0, 0.05) is 11.7 Å². The highest BCUT2D eigenvalue weighted by Crippen LogP contribution is 2.29. The molecule has 22 heavy (non-hydrogen) atoms. The third-order valence-electron chi connectivity index (χ3n) is 3.54. The molecule has 2 aromatic heterocycles. The maximum Gasteiger partial charge on any atom is 0.315 e. The summed E-state index contributed by atoms with van der Waals surface area (Å²) >= 11 is 1.69. The van der Waals surface area contributed by atoms with Gasteiger partial charge < -0.3 is 10.6 Å². The van der Waals surface area contributed by atoms with Gasteiger partial charge >= 0.3 is 6.03 Å². The fourth-order valence-electron chi connectivity index (χ4n) is 2.30. The molecule has 114 valence electrons. The Balaban J connectivity index is 1.62. The Bertz CT molecular complexity index is 794. The van der Waals surface area contributed by atoms with Crippen LogP contribution in [0.25, 0.3) is 10.1 Å². The summed E-state index contributed by atoms with van der Waals surface area (Å²) in [5.74, 6) is 0.712. The molecule has 0 saturated heterocycles. The molecule has 2 amide bonds. The van der Waals surface area contributed by atoms with Crippen molar-refractivity contribution in [3.8, 4) is 0 Å². The van der Waals surface area contributed by atoms with Crippen LogP contribution in [-0.4, -0.2) is 20.8 Å². The minimum absolute atomic E-state index is 0.0596. The molecule has 0 aliphatic rings. The van der Waals surface area contributed by atoms with Gasteiger partial charge in [-0.3, -0.25) is 4.68 Å². The number of hydrogen-bond donors (Lipinski definition) is 2. The minimum atomic E-state index is -0.217. The number of urea groups is 1. The predicted octanol–water partition coefficient (Wildman–Crippen LogP) is 2.59. The molecule has 6 nitrogen and oxygen atoms in total. The van der Waals surface area contributed by atoms with E-state index in [0.717, 1.165) is 5.56 Å². The first-order valence-electron chi connectivity index (χ1n) is 6.98. The van der Waals surface area contributed by atoms with Crippen molar-refractivity contribution in [2.45, 2.75) is 19.5 Å². The second-order valence-corrected chi connectivity index (χ2v) is 5.95. The van der Waals surface area contributed by atoms with Gasteiger partial charge in [0.2, 0.25) is 0 Å². The van der Waals surface area contributed by atoms with Crippen molar-refractivity contribution in [1.29, 1.82) is 0 Å². The van der Waals surface area contributed by atoms with Gasteiger partial charge in [-0.1, -0.05) is 18.2 Å². The normalized spacial score (nSPS) is 12.3. The lowest BCUT2D eigenvalue weighted by Gasteiger charge is -2.14. The molecular weight excluding hydrogens is 298 g/mol. The summed E-state index contributed by atoms with van der Waals surface area (Å²) in [6.07, 6.45) is 1.47. The number of thiophene rings is 1. The van der Waals surface area contributed by atoms with Crippen LogP contribution in [0, 0.1) is 0 Å². The molecule has 1 atom stereocenters. The van der Waals surface area contributed by atoms with Gasteiger partial charge in [-0.05, 0) is 29.3 Å². The van der Waals surface area contributed by atoms with Gasteiger partial charge in [-0.2, -0.15) is 5.10 Å². The Morgan fingerprint density at radius 1 is 1.41 bits per heavy atom. The second kappa shape index (κ2) is 6.15. The van der Waals surface area contributed by atoms with E-state index in [1.54, 1.807) is 23.1 Å². The third-order valence-corrected chi connectivity index (χ3v) is 4.52. The first-order valence-corrected chi connectivity index (χ1v) is 7.86. The van der Waals surface area contributed by atoms with Crippen LogP contribution in [0.1, 0.15) is 24.4 Å². The summed E-state index contributed by atoms with van der Waals surface area (Å²) in [6, 6.07) is 7.93. The summed E-state index contributed by atoms with van der Waals surface area (Å²) in [6.45, 7) is 2.33. The van der Waals surface area contributed by atoms with Crippen molar-refractivity contribution in [3.05, 3.63) is 47.4 Å². The van der Waals surface area contributed by atoms with Crippen molar-refractivity contribution in [1.82, 2.24) is 25.4 Å². The van der Waals surface area contributed by atoms with E-state index in [2.05, 4.69) is 38.2 Å². The van der Waals surface area contributed by atoms with Gasteiger partial charge in [0.1, 0.15) is 12.2 Å². The highest BCUT2D eigenvalue weighted by molar-refractivity contribution is 7.17. The van der Waals surface area contributed by atoms with E-state index in [0.29, 0.717) is 12.4 Å². The molecule has 2 heterocycles. The first-order chi connectivity index (χ1) is 10.6. The molecule has 0 radical (unpaired) electrons. The van der Waals surface area contributed by atoms with Crippen molar-refractivity contribution in [2.24, 2.45) is 7.05 Å². The lowest BCUT2D eigenvalue weighted by molar-refractivity contribution is 0.237. The van der Waals surface area contributed by atoms with E-state index in [4.69, 9.17) is 0 Å². The zero-order valence-electron chi connectivity index (χ0n) is 12.4. The monoisotopic (exact) mass is 315 g/mol. The van der Waals surface area contributed by atoms with Gasteiger partial charge in [-0.25, -0.2) is 9.78 Å². The fourth-order valence-corrected chi connectivity index (χ4v) is 3.35. The number of benzene rings is 1. The van der Waals surface area contributed by atoms with Gasteiger partial charge in [0.05, 0.1) is 12.6 Å². The number of carbonyl (C=O) groups is 1. The van der Waals surface area contributed by atoms with E-state index >= 15 is 0 Å². The Morgan fingerprint density at radius 2 is 2.23 bits per heavy atom. The SMILES string of the molecule is CC(NC(=O)NCc1ncnn1C)c1csc2ccccc12. The number of amides is 2. The molecule has 0 aliphatic carbocycles. The second-order valence-electron chi connectivity index (χ2n) is 5.04. The molecule has 1 unspecified atom stereocenters. The number of aromatic nitrogens is 3. The van der Waals surface area contributed by atoms with Crippen LogP contribution in [0.3, 0.4) is 0 Å². The van der Waals surface area contributed by atoms with Gasteiger partial charge in [0.25, 0.3) is 0 Å². The number of aryl methyl sites for hydroxylation is 1. The summed E-state index contributed by atoms with van der Waals surface area (Å²) in [7, 11) is 1.79. The van der Waals surface area contributed by atoms with E-state index in [1.807, 2.05) is 19.1 Å². The van der Waals surface area contributed by atoms with Gasteiger partial charge in [0.15, 0.2) is 0 Å². The Kier molecular flexibility index (Phi) is 4.06. The highest BCUT2D eigenvalue weighted by atomic mass is 32.1. The Hall–Kier alpha value is -2.41. The van der Waals surface area contributed by atoms with Crippen LogP contribution in [0.4, 0.5) is 4.79 Å². The molecular formula is C15H17N5OS. The average Bonchev–Trinajstić information content (AvgIpc) is 3.11. The zero-order valence-corrected chi connectivity index (χ0v) is 13.2. The zero-order chi connectivity index (χ0) is 15.5. The topological polar surface area (TPSA) is 71.8 Å². The third kappa shape index (κ3) is 2.94. The van der Waals surface area contributed by atoms with Crippen molar-refractivity contribution < 1.29 is 4.79 Å². The van der Waals surface area contributed by atoms with Crippen LogP contribution < -0.4 is 10.6 Å². The number of hydrogen-bond acceptors (Lipinski definition) is 4. The summed E-state index contributed by atoms with van der Waals surface area (Å²) in [4.78, 5) is 16.1. The van der Waals surface area contributed by atoms with E-state index in [-0.39, 0.29) is 12.1 Å². The molecule has 0 spiro atoms. The van der Waals surface area contributed by atoms with Crippen molar-refractivity contribution >= 4 is 27.5 Å². The lowest BCUT2D eigenvalue weighted by atomic mass is 10.1. The van der Waals surface area contributed by atoms with E-state index in [1.165, 1.54) is 16.4 Å². The minimum Gasteiger partial charge on any atom is -0.332 e. The van der Waals surface area contributed by atoms with Crippen LogP contribution in [0.15, 0.2) is 36.0 Å². The Labute approximate surface area is 132 Å². The average molecular weight is 315 g/mol. The summed E-state index contributed by atoms with van der Waals surface area (Å²) in [5, 5.41) is 13.0. The van der Waals surface area contributed by atoms with Gasteiger partial charge in [-0.15, -0.1) is 11.3 Å². The predicted molar refractivity (Wildman–Crippen MR) is 86.6 cm³/mol. The highest BCUT2D eigenvalue weighted by Gasteiger charge is 2.14. The van der Waals surface area contributed by atoms with E-state index < -0.39 is 0 Å². The van der Waals surface area contributed by atoms with Crippen LogP contribution in [-0.2, 0) is 13.6 Å². The Morgan fingerprint density at radius 3 is 3.00 bits per heavy atom. The van der Waals surface area contributed by atoms with Crippen molar-refractivity contribution in [3.63, 3.8) is 0 Å². The summed E-state index contributed by atoms with van der Waals surface area (Å²) < 4.78 is 2.86. The largest absolute Gasteiger partial charge is 0.332 e. The number of carbonyl (C=O) groups excluding carboxylic acids is 1. The number of nitrogens with zero attached hydrogens (tertiary/aromatic N) is 3. The molecule has 1 aromatic carbocycles. The van der Waals surface area contributed by atoms with Crippen molar-refractivity contribution in [2.75, 3.05) is 0 Å². The number of nitrogens with one attached hydrogen (secondary N) is 2. The van der Waals surface area contributed by atoms with Crippen LogP contribution >= 0.6 is 11.3 Å². The quantitative estimate of drug-likeness (QED) is 0.777. The fraction of sp³-hybridized carbons (Fsp3) is 0.267. The maximum absolute atomic E-state index is 12.0. The molecule has 2 N–H and O–H groups in total. The molecule has 7 heteroatoms. The smallest absolute Gasteiger partial charge is 0.315 e. The number of fused-ring (bicyclic) bond motifs is 1. The molecule has 3 rings (SSSR count). The molecule has 0 fully saturated rings. The van der Waals surface area contributed by atoms with Crippen LogP contribution in [0.2, 0.25) is 0 Å². The molecule has 0 saturated carbocycles. The first kappa shape index (κ1) is 14.5. The number of rotatable bonds is 4. The summed E-state index contributed by atoms with van der Waals surface area (Å²) in [5.41, 5.74) is 1.13. The van der Waals surface area contributed by atoms with E-state index in [9.17, 15) is 4.79 Å². The van der Waals surface area contributed by atoms with Crippen LogP contribution in [0.5, 0.6) is 0 Å². The lowest BCUT2D eigenvalue weighted by Crippen LogP contribution is -2.37.